The van der Waals surface area contributed by atoms with Gasteiger partial charge in [-0.2, -0.15) is 0 Å². The highest BCUT2D eigenvalue weighted by Crippen LogP contribution is 2.22. The van der Waals surface area contributed by atoms with E-state index >= 15 is 0 Å². The summed E-state index contributed by atoms with van der Waals surface area (Å²) < 4.78 is 22.6. The quantitative estimate of drug-likeness (QED) is 0.663. The molecule has 2 atom stereocenters. The molecule has 5 heteroatoms. The van der Waals surface area contributed by atoms with E-state index < -0.39 is 5.60 Å². The molecule has 128 valence electrons. The molecule has 2 aliphatic rings. The molecule has 0 bridgehead atoms. The molecule has 2 fully saturated rings. The van der Waals surface area contributed by atoms with Crippen molar-refractivity contribution >= 4 is 0 Å². The van der Waals surface area contributed by atoms with Crippen molar-refractivity contribution in [1.29, 1.82) is 0 Å². The van der Waals surface area contributed by atoms with E-state index in [4.69, 9.17) is 18.9 Å². The Morgan fingerprint density at radius 2 is 1.55 bits per heavy atom. The maximum atomic E-state index is 10.8. The van der Waals surface area contributed by atoms with Crippen molar-refractivity contribution in [2.75, 3.05) is 26.4 Å². The molecule has 0 spiro atoms. The topological polar surface area (TPSA) is 57.2 Å². The van der Waals surface area contributed by atoms with E-state index in [0.29, 0.717) is 6.42 Å². The van der Waals surface area contributed by atoms with E-state index in [1.165, 1.54) is 0 Å². The molecule has 0 saturated carbocycles. The lowest BCUT2D eigenvalue weighted by molar-refractivity contribution is -0.226. The van der Waals surface area contributed by atoms with Crippen LogP contribution in [0.15, 0.2) is 12.7 Å². The summed E-state index contributed by atoms with van der Waals surface area (Å²) in [6.07, 6.45) is 8.88. The summed E-state index contributed by atoms with van der Waals surface area (Å²) in [4.78, 5) is 0. The summed E-state index contributed by atoms with van der Waals surface area (Å²) in [6.45, 7) is 5.64. The monoisotopic (exact) mass is 314 g/mol. The Labute approximate surface area is 133 Å². The molecule has 5 nitrogen and oxygen atoms in total. The van der Waals surface area contributed by atoms with Crippen LogP contribution in [-0.2, 0) is 18.9 Å². The van der Waals surface area contributed by atoms with Crippen molar-refractivity contribution in [1.82, 2.24) is 0 Å². The molecule has 1 N–H and O–H groups in total. The predicted molar refractivity (Wildman–Crippen MR) is 83.5 cm³/mol. The van der Waals surface area contributed by atoms with Crippen LogP contribution in [0.3, 0.4) is 0 Å². The van der Waals surface area contributed by atoms with Gasteiger partial charge in [-0.1, -0.05) is 6.08 Å². The first kappa shape index (κ1) is 17.9. The Balaban J connectivity index is 1.77. The lowest BCUT2D eigenvalue weighted by Crippen LogP contribution is -2.43. The number of allylic oxidation sites excluding steroid dienone is 1. The average Bonchev–Trinajstić information content (AvgIpc) is 2.59. The van der Waals surface area contributed by atoms with Crippen molar-refractivity contribution in [2.24, 2.45) is 0 Å². The molecule has 2 aliphatic heterocycles. The molecule has 2 heterocycles. The van der Waals surface area contributed by atoms with Gasteiger partial charge < -0.3 is 24.1 Å². The molecule has 0 radical (unpaired) electrons. The maximum absolute atomic E-state index is 10.8. The number of hydrogen-bond acceptors (Lipinski definition) is 5. The normalized spacial score (nSPS) is 29.0. The third kappa shape index (κ3) is 6.34. The summed E-state index contributed by atoms with van der Waals surface area (Å²) in [5.41, 5.74) is -1.02. The Morgan fingerprint density at radius 3 is 1.95 bits per heavy atom. The van der Waals surface area contributed by atoms with Gasteiger partial charge in [-0.3, -0.25) is 0 Å². The van der Waals surface area contributed by atoms with Crippen molar-refractivity contribution in [3.63, 3.8) is 0 Å². The molecule has 2 rings (SSSR count). The Kier molecular flexibility index (Phi) is 7.83. The van der Waals surface area contributed by atoms with Gasteiger partial charge in [0, 0.05) is 13.2 Å². The van der Waals surface area contributed by atoms with Crippen LogP contribution in [0.25, 0.3) is 0 Å². The number of rotatable bonds is 9. The van der Waals surface area contributed by atoms with Crippen LogP contribution in [0.4, 0.5) is 0 Å². The Morgan fingerprint density at radius 1 is 1.00 bits per heavy atom. The first-order valence-corrected chi connectivity index (χ1v) is 8.51. The zero-order valence-corrected chi connectivity index (χ0v) is 13.5. The lowest BCUT2D eigenvalue weighted by Gasteiger charge is -2.33. The second kappa shape index (κ2) is 9.63. The summed E-state index contributed by atoms with van der Waals surface area (Å²) in [5, 5.41) is 10.8. The van der Waals surface area contributed by atoms with Gasteiger partial charge in [-0.15, -0.1) is 6.58 Å². The van der Waals surface area contributed by atoms with E-state index in [-0.39, 0.29) is 25.8 Å². The Hall–Kier alpha value is -0.460. The molecule has 0 amide bonds. The molecular weight excluding hydrogens is 284 g/mol. The molecule has 22 heavy (non-hydrogen) atoms. The van der Waals surface area contributed by atoms with Gasteiger partial charge in [0.1, 0.15) is 5.60 Å². The van der Waals surface area contributed by atoms with Gasteiger partial charge in [-0.05, 0) is 51.4 Å². The van der Waals surface area contributed by atoms with Gasteiger partial charge >= 0.3 is 0 Å². The van der Waals surface area contributed by atoms with Gasteiger partial charge in [0.15, 0.2) is 12.6 Å². The molecule has 0 aliphatic carbocycles. The van der Waals surface area contributed by atoms with Crippen molar-refractivity contribution in [3.8, 4) is 0 Å². The lowest BCUT2D eigenvalue weighted by atomic mass is 9.99. The van der Waals surface area contributed by atoms with Crippen LogP contribution >= 0.6 is 0 Å². The smallest absolute Gasteiger partial charge is 0.157 e. The third-order valence-corrected chi connectivity index (χ3v) is 4.17. The van der Waals surface area contributed by atoms with E-state index in [1.54, 1.807) is 6.08 Å². The predicted octanol–water partition coefficient (Wildman–Crippen LogP) is 2.77. The van der Waals surface area contributed by atoms with Gasteiger partial charge in [0.05, 0.1) is 13.2 Å². The van der Waals surface area contributed by atoms with Crippen LogP contribution in [0.5, 0.6) is 0 Å². The number of ether oxygens (including phenoxy) is 4. The summed E-state index contributed by atoms with van der Waals surface area (Å²) >= 11 is 0. The van der Waals surface area contributed by atoms with Crippen LogP contribution in [0, 0.1) is 0 Å². The van der Waals surface area contributed by atoms with E-state index in [9.17, 15) is 5.11 Å². The molecule has 2 saturated heterocycles. The highest BCUT2D eigenvalue weighted by atomic mass is 16.7. The van der Waals surface area contributed by atoms with Crippen LogP contribution in [0.1, 0.15) is 51.4 Å². The highest BCUT2D eigenvalue weighted by Gasteiger charge is 2.31. The standard InChI is InChI=1S/C17H30O5/c1-2-3-10-17(18,13-21-15-8-4-6-11-19-15)14-22-16-9-5-7-12-20-16/h2,15-16,18H,1,3-14H2. The molecule has 2 unspecified atom stereocenters. The zero-order chi connectivity index (χ0) is 15.7. The van der Waals surface area contributed by atoms with E-state index in [2.05, 4.69) is 6.58 Å². The second-order valence-electron chi connectivity index (χ2n) is 6.27. The van der Waals surface area contributed by atoms with Crippen molar-refractivity contribution < 1.29 is 24.1 Å². The maximum Gasteiger partial charge on any atom is 0.157 e. The number of hydrogen-bond donors (Lipinski definition) is 1. The van der Waals surface area contributed by atoms with Crippen LogP contribution in [-0.4, -0.2) is 49.7 Å². The first-order chi connectivity index (χ1) is 10.7. The first-order valence-electron chi connectivity index (χ1n) is 8.51. The third-order valence-electron chi connectivity index (χ3n) is 4.17. The fraction of sp³-hybridized carbons (Fsp3) is 0.882. The number of aliphatic hydroxyl groups is 1. The SMILES string of the molecule is C=CCCC(O)(COC1CCCCO1)COC1CCCCO1. The van der Waals surface area contributed by atoms with Crippen LogP contribution in [0.2, 0.25) is 0 Å². The summed E-state index contributed by atoms with van der Waals surface area (Å²) in [7, 11) is 0. The fourth-order valence-electron chi connectivity index (χ4n) is 2.74. The summed E-state index contributed by atoms with van der Waals surface area (Å²) in [5.74, 6) is 0. The van der Waals surface area contributed by atoms with Crippen LogP contribution < -0.4 is 0 Å². The Bertz CT molecular complexity index is 286. The fourth-order valence-corrected chi connectivity index (χ4v) is 2.74. The molecule has 0 aromatic rings. The van der Waals surface area contributed by atoms with Gasteiger partial charge in [0.25, 0.3) is 0 Å². The van der Waals surface area contributed by atoms with Gasteiger partial charge in [-0.25, -0.2) is 0 Å². The zero-order valence-electron chi connectivity index (χ0n) is 13.5. The molecule has 0 aromatic carbocycles. The van der Waals surface area contributed by atoms with E-state index in [1.807, 2.05) is 0 Å². The minimum absolute atomic E-state index is 0.199. The van der Waals surface area contributed by atoms with Gasteiger partial charge in [0.2, 0.25) is 0 Å². The minimum atomic E-state index is -1.02. The summed E-state index contributed by atoms with van der Waals surface area (Å²) in [6, 6.07) is 0. The molecular formula is C17H30O5. The minimum Gasteiger partial charge on any atom is -0.385 e. The second-order valence-corrected chi connectivity index (χ2v) is 6.27. The van der Waals surface area contributed by atoms with E-state index in [0.717, 1.165) is 58.2 Å². The largest absolute Gasteiger partial charge is 0.385 e. The molecule has 0 aromatic heterocycles. The van der Waals surface area contributed by atoms with Crippen molar-refractivity contribution in [2.45, 2.75) is 69.5 Å². The highest BCUT2D eigenvalue weighted by molar-refractivity contribution is 4.83. The average molecular weight is 314 g/mol. The van der Waals surface area contributed by atoms with Crippen molar-refractivity contribution in [3.05, 3.63) is 12.7 Å².